The summed E-state index contributed by atoms with van der Waals surface area (Å²) in [6.45, 7) is 5.75. The van der Waals surface area contributed by atoms with E-state index in [2.05, 4.69) is 31.6 Å². The third-order valence-electron chi connectivity index (χ3n) is 8.20. The first kappa shape index (κ1) is 26.4. The van der Waals surface area contributed by atoms with Crippen LogP contribution in [0, 0.1) is 17.8 Å². The molecule has 4 heterocycles. The van der Waals surface area contributed by atoms with Gasteiger partial charge in [0.2, 0.25) is 11.8 Å². The quantitative estimate of drug-likeness (QED) is 0.333. The Labute approximate surface area is 228 Å². The molecule has 3 aliphatic heterocycles. The molecule has 1 spiro atoms. The average molecular weight is 595 g/mol. The van der Waals surface area contributed by atoms with Crippen LogP contribution in [0.2, 0.25) is 0 Å². The van der Waals surface area contributed by atoms with E-state index >= 15 is 0 Å². The topological polar surface area (TPSA) is 127 Å². The molecule has 3 fully saturated rings. The van der Waals surface area contributed by atoms with Crippen molar-refractivity contribution in [3.8, 4) is 0 Å². The van der Waals surface area contributed by atoms with E-state index in [-0.39, 0.29) is 47.7 Å². The van der Waals surface area contributed by atoms with Gasteiger partial charge in [-0.1, -0.05) is 53.5 Å². The van der Waals surface area contributed by atoms with Crippen LogP contribution in [0.15, 0.2) is 24.3 Å². The maximum atomic E-state index is 14.1. The van der Waals surface area contributed by atoms with E-state index in [4.69, 9.17) is 4.74 Å². The Kier molecular flexibility index (Phi) is 7.27. The predicted octanol–water partition coefficient (Wildman–Crippen LogP) is 1.94. The van der Waals surface area contributed by atoms with Crippen molar-refractivity contribution in [3.63, 3.8) is 0 Å². The summed E-state index contributed by atoms with van der Waals surface area (Å²) in [5.74, 6) is -2.35. The van der Waals surface area contributed by atoms with Crippen molar-refractivity contribution in [3.05, 3.63) is 24.3 Å². The van der Waals surface area contributed by atoms with Gasteiger partial charge in [0.15, 0.2) is 0 Å². The molecule has 2 aromatic rings. The molecule has 37 heavy (non-hydrogen) atoms. The van der Waals surface area contributed by atoms with Gasteiger partial charge in [-0.05, 0) is 31.4 Å². The highest BCUT2D eigenvalue weighted by atomic mass is 79.9. The molecule has 8 atom stereocenters. The van der Waals surface area contributed by atoms with E-state index in [1.165, 1.54) is 0 Å². The monoisotopic (exact) mass is 593 g/mol. The molecule has 10 nitrogen and oxygen atoms in total. The molecule has 3 saturated heterocycles. The summed E-state index contributed by atoms with van der Waals surface area (Å²) in [4.78, 5) is 42.7. The molecule has 0 radical (unpaired) electrons. The van der Waals surface area contributed by atoms with Crippen molar-refractivity contribution >= 4 is 56.5 Å². The highest BCUT2D eigenvalue weighted by molar-refractivity contribution is 9.09. The smallest absolute Gasteiger partial charge is 0.310 e. The summed E-state index contributed by atoms with van der Waals surface area (Å²) >= 11 is 5.28. The number of ether oxygens (including phenoxy) is 1. The Balaban J connectivity index is 1.51. The molecule has 1 aromatic heterocycles. The van der Waals surface area contributed by atoms with Crippen LogP contribution in [-0.4, -0.2) is 82.9 Å². The third kappa shape index (κ3) is 4.06. The molecule has 5 rings (SSSR count). The van der Waals surface area contributed by atoms with Crippen molar-refractivity contribution in [1.29, 1.82) is 0 Å². The van der Waals surface area contributed by atoms with Crippen LogP contribution in [0.5, 0.6) is 0 Å². The SMILES string of the molecule is CCOC(=O)[C@H]1[C@H]2C(=O)N([C@@H](CO)[C@@H](C)CC)C(C(=O)NCn3nnc4ccccc43)C23CC(Br)[C@@H]1S3. The number of nitrogens with one attached hydrogen (secondary N) is 1. The maximum absolute atomic E-state index is 14.1. The molecule has 0 aliphatic carbocycles. The minimum absolute atomic E-state index is 0.0400. The van der Waals surface area contributed by atoms with Gasteiger partial charge in [-0.25, -0.2) is 4.68 Å². The highest BCUT2D eigenvalue weighted by Gasteiger charge is 2.76. The van der Waals surface area contributed by atoms with Gasteiger partial charge in [0, 0.05) is 10.1 Å². The van der Waals surface area contributed by atoms with E-state index in [1.807, 2.05) is 38.1 Å². The number of para-hydroxylation sites is 1. The number of hydrogen-bond acceptors (Lipinski definition) is 8. The number of carbonyl (C=O) groups excluding carboxylic acids is 3. The fraction of sp³-hybridized carbons (Fsp3) is 0.640. The summed E-state index contributed by atoms with van der Waals surface area (Å²) < 4.78 is 6.20. The lowest BCUT2D eigenvalue weighted by Gasteiger charge is -2.39. The summed E-state index contributed by atoms with van der Waals surface area (Å²) in [5.41, 5.74) is 1.50. The molecule has 2 bridgehead atoms. The number of aliphatic hydroxyl groups is 1. The van der Waals surface area contributed by atoms with Gasteiger partial charge in [-0.2, -0.15) is 0 Å². The molecule has 2 N–H and O–H groups in total. The zero-order valence-corrected chi connectivity index (χ0v) is 23.4. The second-order valence-electron chi connectivity index (χ2n) is 10.1. The standard InChI is InChI=1S/C25H32BrN5O5S/c1-4-13(3)17(11-32)31-21(22(33)27-12-30-16-9-7-6-8-15(16)28-29-30)25-10-14(26)20(37-25)18(19(25)23(31)34)24(35)36-5-2/h6-9,13-14,17-21,32H,4-5,10-12H2,1-3H3,(H,27,33)/t13-,14?,17-,18-,19-,20-,21?,25?/m0/s1. The minimum Gasteiger partial charge on any atom is -0.466 e. The number of aliphatic hydroxyl groups excluding tert-OH is 1. The van der Waals surface area contributed by atoms with Gasteiger partial charge in [0.1, 0.15) is 18.2 Å². The van der Waals surface area contributed by atoms with Gasteiger partial charge in [0.05, 0.1) is 41.4 Å². The lowest BCUT2D eigenvalue weighted by atomic mass is 9.71. The fourth-order valence-corrected chi connectivity index (χ4v) is 9.92. The molecule has 3 unspecified atom stereocenters. The van der Waals surface area contributed by atoms with Gasteiger partial charge >= 0.3 is 5.97 Å². The Morgan fingerprint density at radius 1 is 1.35 bits per heavy atom. The molecule has 0 saturated carbocycles. The number of nitrogens with zero attached hydrogens (tertiary/aromatic N) is 4. The minimum atomic E-state index is -0.847. The third-order valence-corrected chi connectivity index (χ3v) is 11.4. The van der Waals surface area contributed by atoms with E-state index < -0.39 is 34.6 Å². The van der Waals surface area contributed by atoms with E-state index in [9.17, 15) is 19.5 Å². The van der Waals surface area contributed by atoms with Crippen LogP contribution >= 0.6 is 27.7 Å². The van der Waals surface area contributed by atoms with Gasteiger partial charge < -0.3 is 20.1 Å². The number of carbonyl (C=O) groups is 3. The summed E-state index contributed by atoms with van der Waals surface area (Å²) in [7, 11) is 0. The Hall–Kier alpha value is -2.18. The van der Waals surface area contributed by atoms with Crippen molar-refractivity contribution < 1.29 is 24.2 Å². The lowest BCUT2D eigenvalue weighted by molar-refractivity contribution is -0.154. The van der Waals surface area contributed by atoms with E-state index in [0.29, 0.717) is 6.42 Å². The molecular formula is C25H32BrN5O5S. The van der Waals surface area contributed by atoms with Crippen LogP contribution in [0.1, 0.15) is 33.6 Å². The Bertz CT molecular complexity index is 1210. The number of likely N-dealkylation sites (tertiary alicyclic amines) is 1. The first-order chi connectivity index (χ1) is 17.8. The Morgan fingerprint density at radius 2 is 2.11 bits per heavy atom. The molecule has 12 heteroatoms. The van der Waals surface area contributed by atoms with Gasteiger partial charge in [0.25, 0.3) is 0 Å². The number of aromatic nitrogens is 3. The zero-order chi connectivity index (χ0) is 26.5. The van der Waals surface area contributed by atoms with Crippen LogP contribution in [0.25, 0.3) is 11.0 Å². The second-order valence-corrected chi connectivity index (χ2v) is 12.8. The average Bonchev–Trinajstić information content (AvgIpc) is 3.60. The number of benzene rings is 1. The number of halogens is 1. The summed E-state index contributed by atoms with van der Waals surface area (Å²) in [5, 5.41) is 21.5. The van der Waals surface area contributed by atoms with Gasteiger partial charge in [-0.3, -0.25) is 14.4 Å². The van der Waals surface area contributed by atoms with Crippen molar-refractivity contribution in [2.45, 2.75) is 67.2 Å². The van der Waals surface area contributed by atoms with Crippen LogP contribution in [-0.2, 0) is 25.8 Å². The van der Waals surface area contributed by atoms with Crippen molar-refractivity contribution in [1.82, 2.24) is 25.2 Å². The fourth-order valence-electron chi connectivity index (χ4n) is 6.33. The molecule has 2 amide bonds. The van der Waals surface area contributed by atoms with Crippen LogP contribution in [0.4, 0.5) is 0 Å². The number of fused-ring (bicyclic) bond motifs is 2. The number of hydrogen-bond donors (Lipinski definition) is 2. The van der Waals surface area contributed by atoms with Crippen molar-refractivity contribution in [2.24, 2.45) is 17.8 Å². The Morgan fingerprint density at radius 3 is 2.81 bits per heavy atom. The first-order valence-electron chi connectivity index (χ1n) is 12.8. The molecule has 3 aliphatic rings. The van der Waals surface area contributed by atoms with Crippen molar-refractivity contribution in [2.75, 3.05) is 13.2 Å². The van der Waals surface area contributed by atoms with E-state index in [0.717, 1.165) is 17.5 Å². The molecule has 1 aromatic carbocycles. The first-order valence-corrected chi connectivity index (χ1v) is 14.6. The number of thioether (sulfide) groups is 1. The number of alkyl halides is 1. The maximum Gasteiger partial charge on any atom is 0.310 e. The zero-order valence-electron chi connectivity index (χ0n) is 21.0. The highest BCUT2D eigenvalue weighted by Crippen LogP contribution is 2.68. The number of amides is 2. The summed E-state index contributed by atoms with van der Waals surface area (Å²) in [6.07, 6.45) is 1.29. The normalized spacial score (nSPS) is 32.0. The van der Waals surface area contributed by atoms with Gasteiger partial charge in [-0.15, -0.1) is 16.9 Å². The number of rotatable bonds is 9. The van der Waals surface area contributed by atoms with E-state index in [1.54, 1.807) is 28.3 Å². The second kappa shape index (κ2) is 10.2. The molecular weight excluding hydrogens is 562 g/mol. The van der Waals surface area contributed by atoms with Crippen LogP contribution < -0.4 is 5.32 Å². The number of esters is 1. The predicted molar refractivity (Wildman–Crippen MR) is 142 cm³/mol. The summed E-state index contributed by atoms with van der Waals surface area (Å²) in [6, 6.07) is 6.08. The largest absolute Gasteiger partial charge is 0.466 e. The molecule has 200 valence electrons. The van der Waals surface area contributed by atoms with Crippen LogP contribution in [0.3, 0.4) is 0 Å². The lowest BCUT2D eigenvalue weighted by Crippen LogP contribution is -2.58.